The smallest absolute Gasteiger partial charge is 0.227 e. The van der Waals surface area contributed by atoms with E-state index < -0.39 is 0 Å². The first-order valence-electron chi connectivity index (χ1n) is 6.18. The summed E-state index contributed by atoms with van der Waals surface area (Å²) in [5.74, 6) is 2.27. The first-order chi connectivity index (χ1) is 9.62. The van der Waals surface area contributed by atoms with E-state index in [9.17, 15) is 4.79 Å². The van der Waals surface area contributed by atoms with Crippen molar-refractivity contribution in [3.8, 4) is 22.9 Å². The molecule has 0 saturated carbocycles. The Morgan fingerprint density at radius 1 is 1.20 bits per heavy atom. The number of Topliss-reactive ketones (excluding diaryl/α,β-unsaturated/α-hetero) is 1. The van der Waals surface area contributed by atoms with Gasteiger partial charge in [-0.1, -0.05) is 5.16 Å². The quantitative estimate of drug-likeness (QED) is 0.805. The van der Waals surface area contributed by atoms with E-state index >= 15 is 0 Å². The van der Waals surface area contributed by atoms with Crippen LogP contribution < -0.4 is 9.47 Å². The van der Waals surface area contributed by atoms with E-state index in [0.717, 1.165) is 5.56 Å². The highest BCUT2D eigenvalue weighted by atomic mass is 16.5. The van der Waals surface area contributed by atoms with Gasteiger partial charge in [-0.15, -0.1) is 0 Å². The van der Waals surface area contributed by atoms with Crippen molar-refractivity contribution in [1.29, 1.82) is 0 Å². The van der Waals surface area contributed by atoms with Crippen LogP contribution >= 0.6 is 0 Å². The van der Waals surface area contributed by atoms with E-state index in [1.807, 2.05) is 0 Å². The molecule has 0 spiro atoms. The third-order valence-electron chi connectivity index (χ3n) is 2.77. The molecule has 1 heterocycles. The number of carbonyl (C=O) groups excluding carboxylic acids is 1. The van der Waals surface area contributed by atoms with Gasteiger partial charge < -0.3 is 18.8 Å². The lowest BCUT2D eigenvalue weighted by Crippen LogP contribution is -1.94. The van der Waals surface area contributed by atoms with Crippen LogP contribution in [-0.4, -0.2) is 30.1 Å². The molecule has 0 aliphatic carbocycles. The van der Waals surface area contributed by atoms with E-state index in [4.69, 9.17) is 14.0 Å². The van der Waals surface area contributed by atoms with Crippen LogP contribution in [0.5, 0.6) is 11.5 Å². The van der Waals surface area contributed by atoms with Gasteiger partial charge >= 0.3 is 0 Å². The van der Waals surface area contributed by atoms with Gasteiger partial charge in [-0.3, -0.25) is 0 Å². The molecule has 6 heteroatoms. The minimum atomic E-state index is 0.0906. The number of benzene rings is 1. The van der Waals surface area contributed by atoms with Crippen LogP contribution in [0.4, 0.5) is 0 Å². The van der Waals surface area contributed by atoms with Crippen LogP contribution in [0.25, 0.3) is 11.4 Å². The molecule has 1 aromatic carbocycles. The lowest BCUT2D eigenvalue weighted by Gasteiger charge is -2.05. The second kappa shape index (κ2) is 6.18. The Morgan fingerprint density at radius 3 is 2.40 bits per heavy atom. The molecule has 0 bridgehead atoms. The van der Waals surface area contributed by atoms with Gasteiger partial charge in [0.05, 0.1) is 14.2 Å². The summed E-state index contributed by atoms with van der Waals surface area (Å²) in [5.41, 5.74) is 0.735. The summed E-state index contributed by atoms with van der Waals surface area (Å²) in [4.78, 5) is 15.2. The summed E-state index contributed by atoms with van der Waals surface area (Å²) in [6.07, 6.45) is 0.840. The minimum Gasteiger partial charge on any atom is -0.497 e. The molecule has 106 valence electrons. The number of hydrogen-bond donors (Lipinski definition) is 0. The number of methoxy groups -OCH3 is 2. The molecule has 20 heavy (non-hydrogen) atoms. The van der Waals surface area contributed by atoms with Gasteiger partial charge in [0.25, 0.3) is 0 Å². The third-order valence-corrected chi connectivity index (χ3v) is 2.77. The number of aryl methyl sites for hydroxylation is 1. The van der Waals surface area contributed by atoms with E-state index in [1.54, 1.807) is 32.4 Å². The fraction of sp³-hybridized carbons (Fsp3) is 0.357. The number of aromatic nitrogens is 2. The largest absolute Gasteiger partial charge is 0.497 e. The first kappa shape index (κ1) is 14.0. The lowest BCUT2D eigenvalue weighted by molar-refractivity contribution is -0.117. The summed E-state index contributed by atoms with van der Waals surface area (Å²) in [6.45, 7) is 1.53. The zero-order valence-corrected chi connectivity index (χ0v) is 11.7. The molecule has 0 N–H and O–H groups in total. The Morgan fingerprint density at radius 2 is 1.85 bits per heavy atom. The second-order valence-electron chi connectivity index (χ2n) is 4.32. The maximum atomic E-state index is 10.9. The second-order valence-corrected chi connectivity index (χ2v) is 4.32. The SMILES string of the molecule is COc1cc(OC)cc(-c2noc(CCC(C)=O)n2)c1. The first-order valence-corrected chi connectivity index (χ1v) is 6.18. The maximum Gasteiger partial charge on any atom is 0.227 e. The predicted molar refractivity (Wildman–Crippen MR) is 71.8 cm³/mol. The molecular weight excluding hydrogens is 260 g/mol. The molecule has 2 aromatic rings. The van der Waals surface area contributed by atoms with Crippen LogP contribution in [0.3, 0.4) is 0 Å². The molecule has 0 amide bonds. The number of ether oxygens (including phenoxy) is 2. The van der Waals surface area contributed by atoms with Crippen LogP contribution in [0.1, 0.15) is 19.2 Å². The van der Waals surface area contributed by atoms with E-state index in [2.05, 4.69) is 10.1 Å². The summed E-state index contributed by atoms with van der Waals surface area (Å²) in [7, 11) is 3.15. The summed E-state index contributed by atoms with van der Waals surface area (Å²) in [6, 6.07) is 5.35. The van der Waals surface area contributed by atoms with Crippen molar-refractivity contribution in [2.75, 3.05) is 14.2 Å². The van der Waals surface area contributed by atoms with E-state index in [0.29, 0.717) is 36.1 Å². The molecule has 0 aliphatic rings. The molecule has 2 rings (SSSR count). The van der Waals surface area contributed by atoms with Gasteiger partial charge in [-0.2, -0.15) is 4.98 Å². The number of ketones is 1. The van der Waals surface area contributed by atoms with Crippen molar-refractivity contribution in [3.05, 3.63) is 24.1 Å². The Balaban J connectivity index is 2.24. The van der Waals surface area contributed by atoms with E-state index in [1.165, 1.54) is 6.92 Å². The van der Waals surface area contributed by atoms with Crippen molar-refractivity contribution in [3.63, 3.8) is 0 Å². The lowest BCUT2D eigenvalue weighted by atomic mass is 10.2. The van der Waals surface area contributed by atoms with Crippen molar-refractivity contribution in [1.82, 2.24) is 10.1 Å². The molecule has 0 aliphatic heterocycles. The highest BCUT2D eigenvalue weighted by Gasteiger charge is 2.12. The third kappa shape index (κ3) is 3.34. The topological polar surface area (TPSA) is 74.5 Å². The molecule has 0 atom stereocenters. The summed E-state index contributed by atoms with van der Waals surface area (Å²) >= 11 is 0. The van der Waals surface area contributed by atoms with Crippen LogP contribution in [0, 0.1) is 0 Å². The number of nitrogens with zero attached hydrogens (tertiary/aromatic N) is 2. The van der Waals surface area contributed by atoms with Gasteiger partial charge in [-0.25, -0.2) is 0 Å². The van der Waals surface area contributed by atoms with Gasteiger partial charge in [0.1, 0.15) is 17.3 Å². The van der Waals surface area contributed by atoms with Gasteiger partial charge in [0.15, 0.2) is 0 Å². The number of rotatable bonds is 6. The van der Waals surface area contributed by atoms with Gasteiger partial charge in [0, 0.05) is 24.5 Å². The summed E-state index contributed by atoms with van der Waals surface area (Å²) < 4.78 is 15.5. The molecule has 0 radical (unpaired) electrons. The molecule has 1 aromatic heterocycles. The molecule has 6 nitrogen and oxygen atoms in total. The Bertz CT molecular complexity index is 585. The standard InChI is InChI=1S/C14H16N2O4/c1-9(17)4-5-13-15-14(16-20-13)10-6-11(18-2)8-12(7-10)19-3/h6-8H,4-5H2,1-3H3. The zero-order valence-electron chi connectivity index (χ0n) is 11.7. The average molecular weight is 276 g/mol. The number of hydrogen-bond acceptors (Lipinski definition) is 6. The normalized spacial score (nSPS) is 10.3. The Labute approximate surface area is 116 Å². The predicted octanol–water partition coefficient (Wildman–Crippen LogP) is 2.28. The van der Waals surface area contributed by atoms with Crippen LogP contribution in [0.2, 0.25) is 0 Å². The van der Waals surface area contributed by atoms with Gasteiger partial charge in [0.2, 0.25) is 11.7 Å². The molecule has 0 saturated heterocycles. The Kier molecular flexibility index (Phi) is 4.34. The molecular formula is C14H16N2O4. The fourth-order valence-corrected chi connectivity index (χ4v) is 1.69. The maximum absolute atomic E-state index is 10.9. The minimum absolute atomic E-state index is 0.0906. The molecule has 0 unspecified atom stereocenters. The van der Waals surface area contributed by atoms with Crippen LogP contribution in [-0.2, 0) is 11.2 Å². The van der Waals surface area contributed by atoms with Crippen molar-refractivity contribution in [2.45, 2.75) is 19.8 Å². The number of carbonyl (C=O) groups is 1. The highest BCUT2D eigenvalue weighted by molar-refractivity contribution is 5.75. The summed E-state index contributed by atoms with van der Waals surface area (Å²) in [5, 5.41) is 3.91. The molecule has 0 fully saturated rings. The van der Waals surface area contributed by atoms with Crippen molar-refractivity contribution < 1.29 is 18.8 Å². The zero-order chi connectivity index (χ0) is 14.5. The fourth-order valence-electron chi connectivity index (χ4n) is 1.69. The van der Waals surface area contributed by atoms with Crippen LogP contribution in [0.15, 0.2) is 22.7 Å². The highest BCUT2D eigenvalue weighted by Crippen LogP contribution is 2.28. The Hall–Kier alpha value is -2.37. The van der Waals surface area contributed by atoms with Crippen molar-refractivity contribution in [2.24, 2.45) is 0 Å². The van der Waals surface area contributed by atoms with Crippen molar-refractivity contribution >= 4 is 5.78 Å². The average Bonchev–Trinajstić information content (AvgIpc) is 2.93. The van der Waals surface area contributed by atoms with E-state index in [-0.39, 0.29) is 5.78 Å². The monoisotopic (exact) mass is 276 g/mol. The van der Waals surface area contributed by atoms with Gasteiger partial charge in [-0.05, 0) is 19.1 Å².